The van der Waals surface area contributed by atoms with Crippen LogP contribution >= 0.6 is 0 Å². The van der Waals surface area contributed by atoms with Gasteiger partial charge in [0.25, 0.3) is 0 Å². The average molecular weight is 213 g/mol. The molecule has 1 aromatic carbocycles. The van der Waals surface area contributed by atoms with Crippen molar-refractivity contribution < 1.29 is 0 Å². The maximum Gasteiger partial charge on any atom is 0.0140 e. The molecule has 0 saturated carbocycles. The molecule has 85 valence electrons. The molecule has 0 atom stereocenters. The lowest BCUT2D eigenvalue weighted by Gasteiger charge is -2.16. The van der Waals surface area contributed by atoms with Gasteiger partial charge in [0, 0.05) is 6.42 Å². The molecule has 0 fully saturated rings. The largest absolute Gasteiger partial charge is 0.0888 e. The Labute approximate surface area is 100 Å². The van der Waals surface area contributed by atoms with Crippen molar-refractivity contribution in [3.63, 3.8) is 0 Å². The van der Waals surface area contributed by atoms with Crippen LogP contribution in [0.15, 0.2) is 12.1 Å². The SMILES string of the molecule is [C]#CCCc1c(CC)ccc(CC)c1CC. The van der Waals surface area contributed by atoms with Crippen molar-refractivity contribution in [1.29, 1.82) is 0 Å². The third kappa shape index (κ3) is 2.67. The Kier molecular flexibility index (Phi) is 5.12. The molecule has 0 nitrogen and oxygen atoms in total. The maximum absolute atomic E-state index is 7.06. The number of benzene rings is 1. The van der Waals surface area contributed by atoms with Gasteiger partial charge in [-0.05, 0) is 54.4 Å². The molecule has 0 saturated heterocycles. The highest BCUT2D eigenvalue weighted by molar-refractivity contribution is 5.41. The first-order chi connectivity index (χ1) is 7.78. The molecule has 0 spiro atoms. The summed E-state index contributed by atoms with van der Waals surface area (Å²) in [5.74, 6) is 2.51. The predicted molar refractivity (Wildman–Crippen MR) is 70.0 cm³/mol. The van der Waals surface area contributed by atoms with E-state index in [0.717, 1.165) is 32.1 Å². The van der Waals surface area contributed by atoms with Gasteiger partial charge in [0.1, 0.15) is 0 Å². The van der Waals surface area contributed by atoms with E-state index in [0.29, 0.717) is 0 Å². The fourth-order valence-electron chi connectivity index (χ4n) is 2.39. The minimum Gasteiger partial charge on any atom is -0.0888 e. The summed E-state index contributed by atoms with van der Waals surface area (Å²) in [7, 11) is 0. The van der Waals surface area contributed by atoms with Crippen molar-refractivity contribution >= 4 is 0 Å². The summed E-state index contributed by atoms with van der Waals surface area (Å²) >= 11 is 0. The third-order valence-corrected chi connectivity index (χ3v) is 3.24. The second kappa shape index (κ2) is 6.38. The maximum atomic E-state index is 7.06. The van der Waals surface area contributed by atoms with Crippen molar-refractivity contribution in [3.05, 3.63) is 40.8 Å². The Balaban J connectivity index is 3.20. The van der Waals surface area contributed by atoms with E-state index in [1.807, 2.05) is 0 Å². The molecule has 1 radical (unpaired) electrons. The summed E-state index contributed by atoms with van der Waals surface area (Å²) in [6.07, 6.45) is 12.1. The molecule has 0 unspecified atom stereocenters. The van der Waals surface area contributed by atoms with Crippen molar-refractivity contribution in [1.82, 2.24) is 0 Å². The van der Waals surface area contributed by atoms with Crippen molar-refractivity contribution in [2.45, 2.75) is 52.9 Å². The van der Waals surface area contributed by atoms with Crippen molar-refractivity contribution in [2.75, 3.05) is 0 Å². The lowest BCUT2D eigenvalue weighted by Crippen LogP contribution is -2.03. The summed E-state index contributed by atoms with van der Waals surface area (Å²) in [6, 6.07) is 4.53. The Morgan fingerprint density at radius 2 is 1.50 bits per heavy atom. The fourth-order valence-corrected chi connectivity index (χ4v) is 2.39. The topological polar surface area (TPSA) is 0 Å². The Hall–Kier alpha value is -1.22. The summed E-state index contributed by atoms with van der Waals surface area (Å²) in [5.41, 5.74) is 5.91. The Bertz CT molecular complexity index is 380. The molecule has 0 aliphatic carbocycles. The zero-order valence-corrected chi connectivity index (χ0v) is 10.7. The predicted octanol–water partition coefficient (Wildman–Crippen LogP) is 3.90. The van der Waals surface area contributed by atoms with Gasteiger partial charge in [-0.3, -0.25) is 0 Å². The van der Waals surface area contributed by atoms with Crippen LogP contribution in [0.2, 0.25) is 0 Å². The van der Waals surface area contributed by atoms with E-state index < -0.39 is 0 Å². The third-order valence-electron chi connectivity index (χ3n) is 3.24. The zero-order chi connectivity index (χ0) is 12.0. The van der Waals surface area contributed by atoms with Gasteiger partial charge in [-0.15, -0.1) is 0 Å². The van der Waals surface area contributed by atoms with Crippen LogP contribution in [0.1, 0.15) is 49.4 Å². The highest BCUT2D eigenvalue weighted by Crippen LogP contribution is 2.23. The fraction of sp³-hybridized carbons (Fsp3) is 0.500. The van der Waals surface area contributed by atoms with Gasteiger partial charge in [0.05, 0.1) is 0 Å². The van der Waals surface area contributed by atoms with Crippen molar-refractivity contribution in [2.24, 2.45) is 0 Å². The second-order valence-electron chi connectivity index (χ2n) is 4.08. The summed E-state index contributed by atoms with van der Waals surface area (Å²) < 4.78 is 0. The molecule has 0 aromatic heterocycles. The summed E-state index contributed by atoms with van der Waals surface area (Å²) in [4.78, 5) is 0. The molecule has 0 amide bonds. The first kappa shape index (κ1) is 12.8. The summed E-state index contributed by atoms with van der Waals surface area (Å²) in [6.45, 7) is 6.65. The molecule has 0 aliphatic rings. The highest BCUT2D eigenvalue weighted by atomic mass is 14.1. The van der Waals surface area contributed by atoms with Crippen LogP contribution in [0.4, 0.5) is 0 Å². The molecule has 0 N–H and O–H groups in total. The first-order valence-corrected chi connectivity index (χ1v) is 6.30. The van der Waals surface area contributed by atoms with E-state index in [-0.39, 0.29) is 0 Å². The van der Waals surface area contributed by atoms with Gasteiger partial charge in [-0.25, -0.2) is 0 Å². The van der Waals surface area contributed by atoms with E-state index >= 15 is 0 Å². The molecule has 1 aromatic rings. The van der Waals surface area contributed by atoms with Gasteiger partial charge in [0.15, 0.2) is 0 Å². The highest BCUT2D eigenvalue weighted by Gasteiger charge is 2.09. The van der Waals surface area contributed by atoms with Crippen LogP contribution in [-0.2, 0) is 25.7 Å². The van der Waals surface area contributed by atoms with Crippen LogP contribution in [0.5, 0.6) is 0 Å². The number of hydrogen-bond acceptors (Lipinski definition) is 0. The molecular weight excluding hydrogens is 192 g/mol. The number of hydrogen-bond donors (Lipinski definition) is 0. The van der Waals surface area contributed by atoms with E-state index in [1.165, 1.54) is 22.3 Å². The van der Waals surface area contributed by atoms with Gasteiger partial charge < -0.3 is 0 Å². The minimum atomic E-state index is 0.743. The van der Waals surface area contributed by atoms with Gasteiger partial charge in [-0.2, -0.15) is 0 Å². The monoisotopic (exact) mass is 213 g/mol. The van der Waals surface area contributed by atoms with E-state index in [4.69, 9.17) is 6.42 Å². The second-order valence-corrected chi connectivity index (χ2v) is 4.08. The van der Waals surface area contributed by atoms with Crippen molar-refractivity contribution in [3.8, 4) is 5.92 Å². The minimum absolute atomic E-state index is 0.743. The molecule has 1 rings (SSSR count). The smallest absolute Gasteiger partial charge is 0.0140 e. The number of rotatable bonds is 5. The van der Waals surface area contributed by atoms with Crippen LogP contribution in [0.3, 0.4) is 0 Å². The van der Waals surface area contributed by atoms with Crippen LogP contribution in [-0.4, -0.2) is 0 Å². The quantitative estimate of drug-likeness (QED) is 0.651. The first-order valence-electron chi connectivity index (χ1n) is 6.30. The van der Waals surface area contributed by atoms with E-state index in [9.17, 15) is 0 Å². The standard InChI is InChI=1S/C16H21/c1-5-9-10-16-14(7-3)12-11-13(6-2)15(16)8-4/h11-12H,6-10H2,2-4H3. The Morgan fingerprint density at radius 1 is 0.938 bits per heavy atom. The summed E-state index contributed by atoms with van der Waals surface area (Å²) in [5, 5.41) is 0. The zero-order valence-electron chi connectivity index (χ0n) is 10.7. The van der Waals surface area contributed by atoms with Gasteiger partial charge in [-0.1, -0.05) is 38.8 Å². The molecule has 0 aliphatic heterocycles. The molecular formula is C16H21. The van der Waals surface area contributed by atoms with Crippen LogP contribution < -0.4 is 0 Å². The van der Waals surface area contributed by atoms with Gasteiger partial charge in [0.2, 0.25) is 0 Å². The molecule has 0 heteroatoms. The molecule has 0 heterocycles. The molecule has 0 bridgehead atoms. The van der Waals surface area contributed by atoms with E-state index in [1.54, 1.807) is 0 Å². The van der Waals surface area contributed by atoms with Crippen LogP contribution in [0, 0.1) is 12.3 Å². The Morgan fingerprint density at radius 3 is 1.94 bits per heavy atom. The normalized spacial score (nSPS) is 10.1. The lowest BCUT2D eigenvalue weighted by molar-refractivity contribution is 0.914. The van der Waals surface area contributed by atoms with Gasteiger partial charge >= 0.3 is 0 Å². The van der Waals surface area contributed by atoms with E-state index in [2.05, 4.69) is 38.8 Å². The van der Waals surface area contributed by atoms with Crippen LogP contribution in [0.25, 0.3) is 0 Å². The number of aryl methyl sites for hydroxylation is 2. The molecule has 16 heavy (non-hydrogen) atoms. The average Bonchev–Trinajstić information content (AvgIpc) is 2.34. The lowest BCUT2D eigenvalue weighted by atomic mass is 9.89.